The maximum atomic E-state index is 12.8. The molecular weight excluding hydrogens is 216 g/mol. The van der Waals surface area contributed by atoms with Crippen LogP contribution in [0.3, 0.4) is 0 Å². The van der Waals surface area contributed by atoms with Gasteiger partial charge in [-0.3, -0.25) is 4.79 Å². The SMILES string of the molecule is CC(F)(F)c1ncc(N2CCCC2=O)cn1. The molecule has 0 aliphatic carbocycles. The van der Waals surface area contributed by atoms with Crippen molar-refractivity contribution in [2.45, 2.75) is 25.7 Å². The number of amides is 1. The van der Waals surface area contributed by atoms with Crippen LogP contribution in [0.5, 0.6) is 0 Å². The van der Waals surface area contributed by atoms with E-state index in [2.05, 4.69) is 9.97 Å². The molecule has 0 atom stereocenters. The van der Waals surface area contributed by atoms with Crippen molar-refractivity contribution in [3.05, 3.63) is 18.2 Å². The van der Waals surface area contributed by atoms with Gasteiger partial charge in [-0.25, -0.2) is 9.97 Å². The fourth-order valence-electron chi connectivity index (χ4n) is 1.61. The number of alkyl halides is 2. The molecule has 16 heavy (non-hydrogen) atoms. The Bertz CT molecular complexity index is 400. The number of rotatable bonds is 2. The van der Waals surface area contributed by atoms with Gasteiger partial charge >= 0.3 is 5.92 Å². The summed E-state index contributed by atoms with van der Waals surface area (Å²) in [7, 11) is 0. The number of hydrogen-bond acceptors (Lipinski definition) is 3. The molecular formula is C10H11F2N3O. The molecule has 1 saturated heterocycles. The summed E-state index contributed by atoms with van der Waals surface area (Å²) in [6, 6.07) is 0. The Morgan fingerprint density at radius 2 is 2.00 bits per heavy atom. The number of aromatic nitrogens is 2. The Hall–Kier alpha value is -1.59. The van der Waals surface area contributed by atoms with Crippen molar-refractivity contribution in [1.29, 1.82) is 0 Å². The molecule has 0 bridgehead atoms. The van der Waals surface area contributed by atoms with Crippen LogP contribution in [0.4, 0.5) is 14.5 Å². The van der Waals surface area contributed by atoms with E-state index < -0.39 is 11.7 Å². The first-order chi connectivity index (χ1) is 7.48. The fourth-order valence-corrected chi connectivity index (χ4v) is 1.61. The van der Waals surface area contributed by atoms with E-state index in [0.717, 1.165) is 13.3 Å². The van der Waals surface area contributed by atoms with Crippen LogP contribution in [0.2, 0.25) is 0 Å². The molecule has 1 amide bonds. The average molecular weight is 227 g/mol. The van der Waals surface area contributed by atoms with E-state index in [0.29, 0.717) is 18.7 Å². The lowest BCUT2D eigenvalue weighted by atomic mass is 10.3. The largest absolute Gasteiger partial charge is 0.310 e. The quantitative estimate of drug-likeness (QED) is 0.772. The van der Waals surface area contributed by atoms with Gasteiger partial charge in [0, 0.05) is 19.9 Å². The first kappa shape index (κ1) is 10.9. The van der Waals surface area contributed by atoms with Crippen molar-refractivity contribution in [1.82, 2.24) is 9.97 Å². The molecule has 86 valence electrons. The molecule has 0 aromatic carbocycles. The van der Waals surface area contributed by atoms with Crippen LogP contribution < -0.4 is 4.90 Å². The highest BCUT2D eigenvalue weighted by Gasteiger charge is 2.29. The molecule has 1 aliphatic heterocycles. The molecule has 1 fully saturated rings. The zero-order valence-corrected chi connectivity index (χ0v) is 8.78. The summed E-state index contributed by atoms with van der Waals surface area (Å²) in [5.74, 6) is -3.59. The van der Waals surface area contributed by atoms with Gasteiger partial charge in [0.25, 0.3) is 0 Å². The summed E-state index contributed by atoms with van der Waals surface area (Å²) in [5.41, 5.74) is 0.482. The molecule has 0 N–H and O–H groups in total. The van der Waals surface area contributed by atoms with Gasteiger partial charge in [-0.15, -0.1) is 0 Å². The lowest BCUT2D eigenvalue weighted by molar-refractivity contribution is -0.117. The van der Waals surface area contributed by atoms with E-state index in [1.54, 1.807) is 0 Å². The number of halogens is 2. The number of hydrogen-bond donors (Lipinski definition) is 0. The van der Waals surface area contributed by atoms with Crippen molar-refractivity contribution < 1.29 is 13.6 Å². The minimum atomic E-state index is -3.05. The van der Waals surface area contributed by atoms with Crippen LogP contribution in [0.25, 0.3) is 0 Å². The van der Waals surface area contributed by atoms with Crippen LogP contribution in [0.1, 0.15) is 25.6 Å². The highest BCUT2D eigenvalue weighted by molar-refractivity contribution is 5.94. The predicted molar refractivity (Wildman–Crippen MR) is 53.2 cm³/mol. The molecule has 4 nitrogen and oxygen atoms in total. The summed E-state index contributed by atoms with van der Waals surface area (Å²) in [5, 5.41) is 0. The normalized spacial score (nSPS) is 16.9. The van der Waals surface area contributed by atoms with Gasteiger partial charge in [0.2, 0.25) is 5.91 Å². The van der Waals surface area contributed by atoms with Crippen LogP contribution in [0.15, 0.2) is 12.4 Å². The Morgan fingerprint density at radius 1 is 1.38 bits per heavy atom. The van der Waals surface area contributed by atoms with Gasteiger partial charge in [0.15, 0.2) is 5.82 Å². The Labute approximate surface area is 91.3 Å². The van der Waals surface area contributed by atoms with E-state index in [1.165, 1.54) is 17.3 Å². The second-order valence-electron chi connectivity index (χ2n) is 3.80. The van der Waals surface area contributed by atoms with E-state index in [4.69, 9.17) is 0 Å². The number of anilines is 1. The molecule has 0 saturated carbocycles. The summed E-state index contributed by atoms with van der Waals surface area (Å²) in [4.78, 5) is 20.0. The summed E-state index contributed by atoms with van der Waals surface area (Å²) in [6.07, 6.45) is 3.81. The zero-order valence-electron chi connectivity index (χ0n) is 8.78. The third-order valence-electron chi connectivity index (χ3n) is 2.42. The Kier molecular flexibility index (Phi) is 2.57. The molecule has 0 spiro atoms. The van der Waals surface area contributed by atoms with Crippen molar-refractivity contribution in [2.75, 3.05) is 11.4 Å². The second-order valence-corrected chi connectivity index (χ2v) is 3.80. The molecule has 2 rings (SSSR count). The van der Waals surface area contributed by atoms with Gasteiger partial charge in [0.05, 0.1) is 18.1 Å². The highest BCUT2D eigenvalue weighted by Crippen LogP contribution is 2.25. The highest BCUT2D eigenvalue weighted by atomic mass is 19.3. The summed E-state index contributed by atoms with van der Waals surface area (Å²) >= 11 is 0. The Morgan fingerprint density at radius 3 is 2.44 bits per heavy atom. The lowest BCUT2D eigenvalue weighted by Gasteiger charge is -2.15. The minimum Gasteiger partial charge on any atom is -0.310 e. The van der Waals surface area contributed by atoms with E-state index in [9.17, 15) is 13.6 Å². The number of carbonyl (C=O) groups is 1. The zero-order chi connectivity index (χ0) is 11.8. The maximum absolute atomic E-state index is 12.8. The van der Waals surface area contributed by atoms with E-state index in [-0.39, 0.29) is 5.91 Å². The van der Waals surface area contributed by atoms with Crippen LogP contribution in [-0.2, 0) is 10.7 Å². The predicted octanol–water partition coefficient (Wildman–Crippen LogP) is 1.72. The molecule has 1 aromatic heterocycles. The molecule has 0 radical (unpaired) electrons. The monoisotopic (exact) mass is 227 g/mol. The van der Waals surface area contributed by atoms with Gasteiger partial charge in [0.1, 0.15) is 0 Å². The van der Waals surface area contributed by atoms with E-state index >= 15 is 0 Å². The average Bonchev–Trinajstić information content (AvgIpc) is 2.63. The molecule has 6 heteroatoms. The fraction of sp³-hybridized carbons (Fsp3) is 0.500. The smallest absolute Gasteiger partial charge is 0.303 e. The lowest BCUT2D eigenvalue weighted by Crippen LogP contribution is -2.24. The molecule has 2 heterocycles. The molecule has 1 aliphatic rings. The van der Waals surface area contributed by atoms with Crippen LogP contribution in [-0.4, -0.2) is 22.4 Å². The van der Waals surface area contributed by atoms with Crippen molar-refractivity contribution in [3.8, 4) is 0 Å². The van der Waals surface area contributed by atoms with Crippen LogP contribution >= 0.6 is 0 Å². The molecule has 1 aromatic rings. The first-order valence-electron chi connectivity index (χ1n) is 4.99. The van der Waals surface area contributed by atoms with Crippen molar-refractivity contribution >= 4 is 11.6 Å². The van der Waals surface area contributed by atoms with Gasteiger partial charge in [-0.05, 0) is 6.42 Å². The van der Waals surface area contributed by atoms with Gasteiger partial charge in [-0.2, -0.15) is 8.78 Å². The standard InChI is InChI=1S/C10H11F2N3O/c1-10(11,12)9-13-5-7(6-14-9)15-4-2-3-8(15)16/h5-6H,2-4H2,1H3. The van der Waals surface area contributed by atoms with E-state index in [1.807, 2.05) is 0 Å². The van der Waals surface area contributed by atoms with Crippen LogP contribution in [0, 0.1) is 0 Å². The summed E-state index contributed by atoms with van der Waals surface area (Å²) in [6.45, 7) is 1.34. The summed E-state index contributed by atoms with van der Waals surface area (Å²) < 4.78 is 25.7. The number of nitrogens with zero attached hydrogens (tertiary/aromatic N) is 3. The minimum absolute atomic E-state index is 0.0143. The van der Waals surface area contributed by atoms with Gasteiger partial charge in [-0.1, -0.05) is 0 Å². The third-order valence-corrected chi connectivity index (χ3v) is 2.42. The number of carbonyl (C=O) groups excluding carboxylic acids is 1. The topological polar surface area (TPSA) is 46.1 Å². The third kappa shape index (κ3) is 2.00. The molecule has 0 unspecified atom stereocenters. The van der Waals surface area contributed by atoms with Crippen molar-refractivity contribution in [2.24, 2.45) is 0 Å². The maximum Gasteiger partial charge on any atom is 0.303 e. The second kappa shape index (κ2) is 3.77. The Balaban J connectivity index is 2.22. The van der Waals surface area contributed by atoms with Gasteiger partial charge < -0.3 is 4.90 Å². The van der Waals surface area contributed by atoms with Crippen molar-refractivity contribution in [3.63, 3.8) is 0 Å². The first-order valence-corrected chi connectivity index (χ1v) is 4.99.